The predicted octanol–water partition coefficient (Wildman–Crippen LogP) is 2.84. The van der Waals surface area contributed by atoms with Crippen molar-refractivity contribution >= 4 is 5.97 Å². The van der Waals surface area contributed by atoms with Crippen LogP contribution in [0.5, 0.6) is 0 Å². The largest absolute Gasteiger partial charge is 0.481 e. The Kier molecular flexibility index (Phi) is 3.12. The van der Waals surface area contributed by atoms with Crippen LogP contribution in [0.2, 0.25) is 0 Å². The normalized spacial score (nSPS) is 34.1. The van der Waals surface area contributed by atoms with Gasteiger partial charge in [-0.15, -0.1) is 6.58 Å². The molecule has 1 saturated carbocycles. The highest BCUT2D eigenvalue weighted by molar-refractivity contribution is 5.75. The Bertz CT molecular complexity index is 210. The molecule has 0 amide bonds. The zero-order valence-electron chi connectivity index (χ0n) is 8.25. The van der Waals surface area contributed by atoms with Gasteiger partial charge in [0.1, 0.15) is 0 Å². The van der Waals surface area contributed by atoms with Gasteiger partial charge < -0.3 is 5.11 Å². The number of rotatable bonds is 3. The average Bonchev–Trinajstić information content (AvgIpc) is 2.09. The monoisotopic (exact) mass is 182 g/mol. The van der Waals surface area contributed by atoms with Crippen LogP contribution in [0, 0.1) is 11.3 Å². The third-order valence-corrected chi connectivity index (χ3v) is 3.39. The fraction of sp³-hybridized carbons (Fsp3) is 0.727. The molecule has 0 aromatic carbocycles. The zero-order valence-corrected chi connectivity index (χ0v) is 8.25. The Morgan fingerprint density at radius 2 is 2.38 bits per heavy atom. The van der Waals surface area contributed by atoms with Crippen LogP contribution in [0.15, 0.2) is 12.7 Å². The molecule has 0 aromatic rings. The second kappa shape index (κ2) is 3.95. The van der Waals surface area contributed by atoms with Gasteiger partial charge in [-0.25, -0.2) is 0 Å². The van der Waals surface area contributed by atoms with Crippen molar-refractivity contribution in [1.82, 2.24) is 0 Å². The molecule has 1 aliphatic rings. The fourth-order valence-electron chi connectivity index (χ4n) is 2.38. The van der Waals surface area contributed by atoms with Crippen LogP contribution in [0.4, 0.5) is 0 Å². The Morgan fingerprint density at radius 1 is 1.69 bits per heavy atom. The lowest BCUT2D eigenvalue weighted by Crippen LogP contribution is -2.39. The van der Waals surface area contributed by atoms with Gasteiger partial charge in [-0.05, 0) is 25.2 Å². The Labute approximate surface area is 79.6 Å². The number of allylic oxidation sites excluding steroid dienone is 1. The van der Waals surface area contributed by atoms with Gasteiger partial charge in [0.15, 0.2) is 0 Å². The third-order valence-electron chi connectivity index (χ3n) is 3.39. The van der Waals surface area contributed by atoms with E-state index in [4.69, 9.17) is 0 Å². The summed E-state index contributed by atoms with van der Waals surface area (Å²) in [6.07, 6.45) is 6.44. The highest BCUT2D eigenvalue weighted by Gasteiger charge is 2.43. The van der Waals surface area contributed by atoms with E-state index in [0.717, 1.165) is 19.3 Å². The van der Waals surface area contributed by atoms with Crippen LogP contribution in [0.1, 0.15) is 39.0 Å². The van der Waals surface area contributed by atoms with Crippen molar-refractivity contribution in [3.05, 3.63) is 12.7 Å². The van der Waals surface area contributed by atoms with Gasteiger partial charge in [-0.1, -0.05) is 25.8 Å². The molecular formula is C11H18O2. The van der Waals surface area contributed by atoms with Crippen molar-refractivity contribution in [3.63, 3.8) is 0 Å². The molecule has 1 fully saturated rings. The Hall–Kier alpha value is -0.790. The minimum absolute atomic E-state index is 0.289. The summed E-state index contributed by atoms with van der Waals surface area (Å²) >= 11 is 0. The molecule has 2 unspecified atom stereocenters. The van der Waals surface area contributed by atoms with Crippen LogP contribution < -0.4 is 0 Å². The van der Waals surface area contributed by atoms with Gasteiger partial charge in [0, 0.05) is 0 Å². The van der Waals surface area contributed by atoms with E-state index >= 15 is 0 Å². The topological polar surface area (TPSA) is 37.3 Å². The minimum atomic E-state index is -0.639. The van der Waals surface area contributed by atoms with Gasteiger partial charge in [-0.3, -0.25) is 4.79 Å². The van der Waals surface area contributed by atoms with E-state index in [1.165, 1.54) is 6.42 Å². The maximum Gasteiger partial charge on any atom is 0.310 e. The molecule has 2 heteroatoms. The quantitative estimate of drug-likeness (QED) is 0.681. The first-order valence-corrected chi connectivity index (χ1v) is 4.98. The average molecular weight is 182 g/mol. The lowest BCUT2D eigenvalue weighted by atomic mass is 9.65. The smallest absolute Gasteiger partial charge is 0.310 e. The van der Waals surface area contributed by atoms with Gasteiger partial charge in [0.05, 0.1) is 5.41 Å². The second-order valence-electron chi connectivity index (χ2n) is 4.10. The van der Waals surface area contributed by atoms with Crippen molar-refractivity contribution in [2.45, 2.75) is 39.0 Å². The van der Waals surface area contributed by atoms with Gasteiger partial charge in [0.25, 0.3) is 0 Å². The van der Waals surface area contributed by atoms with Crippen LogP contribution in [-0.4, -0.2) is 11.1 Å². The molecule has 0 spiro atoms. The van der Waals surface area contributed by atoms with Crippen LogP contribution in [-0.2, 0) is 4.79 Å². The molecule has 74 valence electrons. The standard InChI is InChI=1S/C11H18O2/c1-3-7-11(10(12)13)8-5-4-6-9(11)2/h3,9H,1,4-8H2,2H3,(H,12,13). The molecule has 1 N–H and O–H groups in total. The van der Waals surface area contributed by atoms with Crippen LogP contribution in [0.25, 0.3) is 0 Å². The van der Waals surface area contributed by atoms with Gasteiger partial charge >= 0.3 is 5.97 Å². The molecule has 0 radical (unpaired) electrons. The summed E-state index contributed by atoms with van der Waals surface area (Å²) < 4.78 is 0. The van der Waals surface area contributed by atoms with E-state index in [1.54, 1.807) is 6.08 Å². The lowest BCUT2D eigenvalue weighted by molar-refractivity contribution is -0.154. The van der Waals surface area contributed by atoms with Gasteiger partial charge in [0.2, 0.25) is 0 Å². The highest BCUT2D eigenvalue weighted by atomic mass is 16.4. The van der Waals surface area contributed by atoms with E-state index < -0.39 is 11.4 Å². The Morgan fingerprint density at radius 3 is 2.85 bits per heavy atom. The number of hydrogen-bond acceptors (Lipinski definition) is 1. The molecule has 0 heterocycles. The first-order valence-electron chi connectivity index (χ1n) is 4.98. The number of hydrogen-bond donors (Lipinski definition) is 1. The third kappa shape index (κ3) is 1.77. The molecule has 2 nitrogen and oxygen atoms in total. The summed E-state index contributed by atoms with van der Waals surface area (Å²) in [5, 5.41) is 9.24. The van der Waals surface area contributed by atoms with Crippen molar-refractivity contribution in [3.8, 4) is 0 Å². The summed E-state index contributed by atoms with van der Waals surface area (Å²) in [4.78, 5) is 11.2. The molecule has 0 saturated heterocycles. The number of aliphatic carboxylic acids is 1. The lowest BCUT2D eigenvalue weighted by Gasteiger charge is -2.38. The zero-order chi connectivity index (χ0) is 9.90. The van der Waals surface area contributed by atoms with E-state index in [9.17, 15) is 9.90 Å². The number of carboxylic acids is 1. The molecule has 1 aliphatic carbocycles. The maximum atomic E-state index is 11.2. The fourth-order valence-corrected chi connectivity index (χ4v) is 2.38. The van der Waals surface area contributed by atoms with Crippen molar-refractivity contribution in [2.75, 3.05) is 0 Å². The van der Waals surface area contributed by atoms with E-state index in [2.05, 4.69) is 13.5 Å². The predicted molar refractivity (Wildman–Crippen MR) is 52.5 cm³/mol. The van der Waals surface area contributed by atoms with E-state index in [0.29, 0.717) is 6.42 Å². The maximum absolute atomic E-state index is 11.2. The number of carbonyl (C=O) groups is 1. The number of carboxylic acid groups (broad SMARTS) is 1. The minimum Gasteiger partial charge on any atom is -0.481 e. The van der Waals surface area contributed by atoms with Crippen LogP contribution in [0.3, 0.4) is 0 Å². The molecule has 13 heavy (non-hydrogen) atoms. The van der Waals surface area contributed by atoms with E-state index in [1.807, 2.05) is 0 Å². The SMILES string of the molecule is C=CCC1(C(=O)O)CCCCC1C. The molecule has 0 bridgehead atoms. The molecule has 0 aromatic heterocycles. The molecule has 2 atom stereocenters. The summed E-state index contributed by atoms with van der Waals surface area (Å²) in [7, 11) is 0. The van der Waals surface area contributed by atoms with Crippen molar-refractivity contribution < 1.29 is 9.90 Å². The Balaban J connectivity index is 2.85. The highest BCUT2D eigenvalue weighted by Crippen LogP contribution is 2.44. The first-order chi connectivity index (χ1) is 6.13. The van der Waals surface area contributed by atoms with E-state index in [-0.39, 0.29) is 5.92 Å². The second-order valence-corrected chi connectivity index (χ2v) is 4.10. The molecular weight excluding hydrogens is 164 g/mol. The first kappa shape index (κ1) is 10.3. The molecule has 0 aliphatic heterocycles. The summed E-state index contributed by atoms with van der Waals surface area (Å²) in [6, 6.07) is 0. The van der Waals surface area contributed by atoms with Gasteiger partial charge in [-0.2, -0.15) is 0 Å². The summed E-state index contributed by atoms with van der Waals surface area (Å²) in [6.45, 7) is 5.71. The molecule has 1 rings (SSSR count). The van der Waals surface area contributed by atoms with Crippen molar-refractivity contribution in [1.29, 1.82) is 0 Å². The summed E-state index contributed by atoms with van der Waals surface area (Å²) in [5.74, 6) is -0.351. The van der Waals surface area contributed by atoms with Crippen LogP contribution >= 0.6 is 0 Å². The van der Waals surface area contributed by atoms with Crippen molar-refractivity contribution in [2.24, 2.45) is 11.3 Å². The summed E-state index contributed by atoms with van der Waals surface area (Å²) in [5.41, 5.74) is -0.514.